The number of phosphoric ester groups is 1. The summed E-state index contributed by atoms with van der Waals surface area (Å²) >= 11 is 0. The van der Waals surface area contributed by atoms with E-state index in [0.717, 1.165) is 12.4 Å². The Hall–Kier alpha value is 6.01. The molecule has 1 N–H and O–H groups in total. The van der Waals surface area contributed by atoms with Crippen LogP contribution in [0.2, 0.25) is 0 Å². The van der Waals surface area contributed by atoms with Crippen LogP contribution in [-0.4, -0.2) is 18.3 Å². The third-order valence-corrected chi connectivity index (χ3v) is 2.70. The summed E-state index contributed by atoms with van der Waals surface area (Å²) < 4.78 is 24.1. The van der Waals surface area contributed by atoms with Crippen LogP contribution in [-0.2, 0) is 9.09 Å². The van der Waals surface area contributed by atoms with Gasteiger partial charge < -0.3 is 29.1 Å². The van der Waals surface area contributed by atoms with Gasteiger partial charge in [-0.15, -0.1) is 6.73 Å². The van der Waals surface area contributed by atoms with Crippen molar-refractivity contribution in [1.82, 2.24) is 4.98 Å². The molecule has 25 heavy (non-hydrogen) atoms. The van der Waals surface area contributed by atoms with Crippen molar-refractivity contribution >= 4 is 19.3 Å². The maximum Gasteiger partial charge on any atom is 1.00 e. The number of alkyl halides is 1. The molecule has 0 radical (unpaired) electrons. The van der Waals surface area contributed by atoms with Gasteiger partial charge in [0.15, 0.2) is 0 Å². The average molecular weight is 662 g/mol. The van der Waals surface area contributed by atoms with Gasteiger partial charge in [0.2, 0.25) is 0 Å². The van der Waals surface area contributed by atoms with Crippen LogP contribution in [0.15, 0.2) is 12.1 Å². The molecule has 13 heteroatoms. The summed E-state index contributed by atoms with van der Waals surface area (Å²) in [5, 5.41) is 3.03. The summed E-state index contributed by atoms with van der Waals surface area (Å²) in [5.74, 6) is 0.629. The summed E-state index contributed by atoms with van der Waals surface area (Å²) in [6.07, 6.45) is -0.231. The molecule has 0 fully saturated rings. The minimum absolute atomic E-state index is 0. The second-order valence-electron chi connectivity index (χ2n) is 3.71. The van der Waals surface area contributed by atoms with Crippen molar-refractivity contribution in [2.45, 2.75) is 33.9 Å². The van der Waals surface area contributed by atoms with E-state index in [1.807, 2.05) is 20.8 Å². The average Bonchev–Trinajstić information content (AvgIpc) is 2.75. The Morgan fingerprint density at radius 3 is 2.16 bits per heavy atom. The van der Waals surface area contributed by atoms with Gasteiger partial charge in [0.25, 0.3) is 0 Å². The smallest absolute Gasteiger partial charge is 0.792 e. The van der Waals surface area contributed by atoms with Gasteiger partial charge in [-0.25, -0.2) is 4.98 Å². The standard InChI is InChI=1S/C9H13N3O4P.C2H6.CH3F.4Rb/c1-6-3-4-8-9(10-6)11-7(2)12(8)5-16-17(13,14)15;2*1-2;;;;/h3-5,7H,1-2H3,(H,10,11)(H2,13,14,15);1-2H3;1H3;;;;/q-1;;;4*+1/p-2. The minimum Gasteiger partial charge on any atom is -0.792 e. The molecule has 1 aliphatic rings. The van der Waals surface area contributed by atoms with Crippen LogP contribution in [0.3, 0.4) is 0 Å². The van der Waals surface area contributed by atoms with E-state index >= 15 is 0 Å². The van der Waals surface area contributed by atoms with Crippen molar-refractivity contribution in [2.24, 2.45) is 0 Å². The molecule has 7 nitrogen and oxygen atoms in total. The third kappa shape index (κ3) is 17.2. The zero-order valence-electron chi connectivity index (χ0n) is 16.7. The van der Waals surface area contributed by atoms with Crippen molar-refractivity contribution in [3.05, 3.63) is 24.6 Å². The number of phosphoric acid groups is 1. The zero-order chi connectivity index (χ0) is 16.6. The van der Waals surface area contributed by atoms with Crippen LogP contribution >= 0.6 is 7.82 Å². The first-order valence-electron chi connectivity index (χ1n) is 6.31. The van der Waals surface area contributed by atoms with Crippen LogP contribution in [0.1, 0.15) is 26.5 Å². The second kappa shape index (κ2) is 23.2. The SMILES string of the molecule is CC.CF.Cc1ccc2c(n1)NC(C)N2[CH-]OP(=O)([O-])[O-].[Rb+].[Rb+].[Rb+].[Rb+]. The van der Waals surface area contributed by atoms with Crippen molar-refractivity contribution in [3.63, 3.8) is 0 Å². The van der Waals surface area contributed by atoms with Crippen LogP contribution in [0.4, 0.5) is 15.9 Å². The number of nitrogens with one attached hydrogen (secondary N) is 1. The number of hydrogen-bond acceptors (Lipinski definition) is 7. The van der Waals surface area contributed by atoms with Crippen molar-refractivity contribution in [3.8, 4) is 0 Å². The van der Waals surface area contributed by atoms with E-state index in [1.165, 1.54) is 4.90 Å². The molecule has 1 atom stereocenters. The number of pyridine rings is 1. The fraction of sp³-hybridized carbons (Fsp3) is 0.500. The Morgan fingerprint density at radius 2 is 1.72 bits per heavy atom. The van der Waals surface area contributed by atoms with Gasteiger partial charge in [0.05, 0.1) is 19.0 Å². The molecule has 0 aliphatic carbocycles. The zero-order valence-corrected chi connectivity index (χ0v) is 37.2. The molecule has 0 bridgehead atoms. The Balaban J connectivity index is -0.000000156. The molecule has 0 saturated heterocycles. The van der Waals surface area contributed by atoms with Crippen molar-refractivity contribution in [2.75, 3.05) is 17.4 Å². The number of rotatable bonds is 3. The number of anilines is 2. The van der Waals surface area contributed by atoms with Gasteiger partial charge in [0.1, 0.15) is 5.82 Å². The van der Waals surface area contributed by atoms with E-state index in [0.29, 0.717) is 18.7 Å². The van der Waals surface area contributed by atoms with Gasteiger partial charge >= 0.3 is 233 Å². The first-order chi connectivity index (χ1) is 9.87. The van der Waals surface area contributed by atoms with Gasteiger partial charge in [-0.3, -0.25) is 4.39 Å². The number of aromatic nitrogens is 1. The van der Waals surface area contributed by atoms with Crippen LogP contribution in [0.25, 0.3) is 0 Å². The maximum atomic E-state index is 10.4. The van der Waals surface area contributed by atoms with E-state index in [-0.39, 0.29) is 239 Å². The monoisotopic (exact) mass is 660 g/mol. The quantitative estimate of drug-likeness (QED) is 0.254. The largest absolute Gasteiger partial charge is 1.00 e. The summed E-state index contributed by atoms with van der Waals surface area (Å²) in [5.41, 5.74) is 1.50. The molecule has 1 aromatic rings. The van der Waals surface area contributed by atoms with Crippen LogP contribution in [0, 0.1) is 13.7 Å². The van der Waals surface area contributed by atoms with Crippen LogP contribution < -0.4 is 253 Å². The molecule has 0 spiro atoms. The maximum absolute atomic E-state index is 10.4. The van der Waals surface area contributed by atoms with Gasteiger partial charge in [-0.2, -0.15) is 0 Å². The number of nitrogens with zero attached hydrogens (tertiary/aromatic N) is 2. The number of hydrogen-bond donors (Lipinski definition) is 1. The van der Waals surface area contributed by atoms with E-state index in [9.17, 15) is 18.7 Å². The number of aryl methyl sites for hydroxylation is 1. The molecule has 2 rings (SSSR count). The van der Waals surface area contributed by atoms with Gasteiger partial charge in [-0.05, 0) is 26.0 Å². The van der Waals surface area contributed by atoms with Crippen molar-refractivity contribution in [1.29, 1.82) is 0 Å². The first-order valence-corrected chi connectivity index (χ1v) is 7.77. The Kier molecular flexibility index (Phi) is 38.3. The van der Waals surface area contributed by atoms with Crippen molar-refractivity contribution < 1.29 is 256 Å². The molecule has 1 aliphatic heterocycles. The number of halogens is 1. The molecule has 0 saturated carbocycles. The molecular weight excluding hydrogens is 642 g/mol. The van der Waals surface area contributed by atoms with E-state index in [1.54, 1.807) is 19.1 Å². The minimum atomic E-state index is -5.01. The summed E-state index contributed by atoms with van der Waals surface area (Å²) in [6, 6.07) is 3.56. The molecule has 122 valence electrons. The third-order valence-electron chi connectivity index (χ3n) is 2.34. The summed E-state index contributed by atoms with van der Waals surface area (Å²) in [4.78, 5) is 26.6. The molecule has 2 heterocycles. The topological polar surface area (TPSA) is 101 Å². The predicted molar refractivity (Wildman–Crippen MR) is 75.9 cm³/mol. The number of fused-ring (bicyclic) bond motifs is 1. The first kappa shape index (κ1) is 41.3. The van der Waals surface area contributed by atoms with E-state index in [2.05, 4.69) is 14.8 Å². The molecular formula is C12H20FN3O4PRb4+. The van der Waals surface area contributed by atoms with E-state index in [4.69, 9.17) is 0 Å². The Labute approximate surface area is 345 Å². The Morgan fingerprint density at radius 1 is 1.24 bits per heavy atom. The van der Waals surface area contributed by atoms with Crippen LogP contribution in [0.5, 0.6) is 0 Å². The molecule has 1 aromatic heterocycles. The molecule has 1 unspecified atom stereocenters. The predicted octanol–water partition coefficient (Wildman–Crippen LogP) is -10.4. The summed E-state index contributed by atoms with van der Waals surface area (Å²) in [6.45, 7) is 8.53. The summed E-state index contributed by atoms with van der Waals surface area (Å²) in [7, 11) is -4.51. The Bertz CT molecular complexity index is 499. The second-order valence-corrected chi connectivity index (χ2v) is 4.81. The van der Waals surface area contributed by atoms with Gasteiger partial charge in [0, 0.05) is 13.5 Å². The van der Waals surface area contributed by atoms with E-state index < -0.39 is 7.82 Å². The molecule has 0 amide bonds. The normalized spacial score (nSPS) is 13.4. The van der Waals surface area contributed by atoms with Gasteiger partial charge in [-0.1, -0.05) is 13.8 Å². The molecule has 0 aromatic carbocycles. The fourth-order valence-corrected chi connectivity index (χ4v) is 1.81. The fourth-order valence-electron chi connectivity index (χ4n) is 1.60.